The number of hydrogen-bond acceptors (Lipinski definition) is 1. The monoisotopic (exact) mass is 284 g/mol. The summed E-state index contributed by atoms with van der Waals surface area (Å²) in [5.74, 6) is 0.939. The molecule has 0 bridgehead atoms. The fraction of sp³-hybridized carbons (Fsp3) is 0.125. The van der Waals surface area contributed by atoms with E-state index in [2.05, 4.69) is 0 Å². The van der Waals surface area contributed by atoms with Gasteiger partial charge in [0.05, 0.1) is 0 Å². The molecule has 0 fully saturated rings. The van der Waals surface area contributed by atoms with Crippen molar-refractivity contribution in [2.75, 3.05) is 0 Å². The second kappa shape index (κ2) is 4.34. The van der Waals surface area contributed by atoms with Crippen molar-refractivity contribution < 1.29 is 9.90 Å². The zero-order valence-electron chi connectivity index (χ0n) is 6.67. The first-order chi connectivity index (χ1) is 6.07. The zero-order valence-corrected chi connectivity index (χ0v) is 9.90. The molecule has 0 saturated heterocycles. The van der Waals surface area contributed by atoms with Gasteiger partial charge in [-0.25, -0.2) is 0 Å². The van der Waals surface area contributed by atoms with Gasteiger partial charge >= 0.3 is 92.1 Å². The molecule has 0 aromatic heterocycles. The van der Waals surface area contributed by atoms with E-state index in [4.69, 9.17) is 28.3 Å². The Kier molecular flexibility index (Phi) is 3.63. The third kappa shape index (κ3) is 2.18. The van der Waals surface area contributed by atoms with Gasteiger partial charge in [-0.3, -0.25) is 0 Å². The second-order valence-corrected chi connectivity index (χ2v) is 4.75. The quantitative estimate of drug-likeness (QED) is 0.844. The van der Waals surface area contributed by atoms with Crippen molar-refractivity contribution in [3.63, 3.8) is 0 Å². The SMILES string of the molecule is C[Se]c1c(C(=O)O)ccc(Cl)c1Cl. The Morgan fingerprint density at radius 2 is 2.08 bits per heavy atom. The summed E-state index contributed by atoms with van der Waals surface area (Å²) in [6.07, 6.45) is 0. The summed E-state index contributed by atoms with van der Waals surface area (Å²) < 4.78 is 0.647. The van der Waals surface area contributed by atoms with Crippen LogP contribution in [0.4, 0.5) is 0 Å². The van der Waals surface area contributed by atoms with Crippen LogP contribution >= 0.6 is 23.2 Å². The molecule has 0 atom stereocenters. The Hall–Kier alpha value is -0.211. The van der Waals surface area contributed by atoms with Gasteiger partial charge in [-0.05, 0) is 0 Å². The molecule has 5 heteroatoms. The van der Waals surface area contributed by atoms with E-state index in [1.807, 2.05) is 5.82 Å². The number of carboxylic acid groups (broad SMARTS) is 1. The van der Waals surface area contributed by atoms with Gasteiger partial charge in [0.15, 0.2) is 0 Å². The number of aromatic carboxylic acids is 1. The van der Waals surface area contributed by atoms with Gasteiger partial charge in [-0.2, -0.15) is 0 Å². The van der Waals surface area contributed by atoms with E-state index in [-0.39, 0.29) is 20.5 Å². The van der Waals surface area contributed by atoms with Crippen LogP contribution in [0.1, 0.15) is 10.4 Å². The fourth-order valence-corrected chi connectivity index (χ4v) is 3.14. The molecule has 0 aliphatic heterocycles. The van der Waals surface area contributed by atoms with E-state index in [1.165, 1.54) is 12.1 Å². The predicted molar refractivity (Wildman–Crippen MR) is 54.7 cm³/mol. The number of rotatable bonds is 2. The van der Waals surface area contributed by atoms with E-state index >= 15 is 0 Å². The molecular weight excluding hydrogens is 278 g/mol. The summed E-state index contributed by atoms with van der Waals surface area (Å²) in [7, 11) is 0. The molecular formula is C8H6Cl2O2Se. The average molecular weight is 284 g/mol. The van der Waals surface area contributed by atoms with Gasteiger partial charge in [0.2, 0.25) is 0 Å². The standard InChI is InChI=1S/C8H6Cl2O2Se/c1-13-7-4(8(11)12)2-3-5(9)6(7)10/h2-3H,1H3,(H,11,12). The van der Waals surface area contributed by atoms with E-state index in [1.54, 1.807) is 0 Å². The van der Waals surface area contributed by atoms with Gasteiger partial charge in [-0.1, -0.05) is 0 Å². The summed E-state index contributed by atoms with van der Waals surface area (Å²) in [4.78, 5) is 10.8. The summed E-state index contributed by atoms with van der Waals surface area (Å²) >= 11 is 11.6. The van der Waals surface area contributed by atoms with Crippen molar-refractivity contribution in [1.29, 1.82) is 0 Å². The zero-order chi connectivity index (χ0) is 10.0. The molecule has 0 saturated carbocycles. The molecule has 1 N–H and O–H groups in total. The minimum atomic E-state index is -0.961. The predicted octanol–water partition coefficient (Wildman–Crippen LogP) is 2.07. The van der Waals surface area contributed by atoms with Crippen LogP contribution < -0.4 is 4.46 Å². The third-order valence-corrected chi connectivity index (χ3v) is 4.29. The Balaban J connectivity index is 3.38. The molecule has 1 aromatic rings. The number of halogens is 2. The molecule has 1 aromatic carbocycles. The van der Waals surface area contributed by atoms with Crippen LogP contribution in [0, 0.1) is 0 Å². The van der Waals surface area contributed by atoms with Crippen LogP contribution in [-0.4, -0.2) is 26.0 Å². The maximum absolute atomic E-state index is 10.8. The van der Waals surface area contributed by atoms with E-state index in [9.17, 15) is 4.79 Å². The van der Waals surface area contributed by atoms with Crippen molar-refractivity contribution >= 4 is 48.6 Å². The molecule has 2 nitrogen and oxygen atoms in total. The minimum absolute atomic E-state index is 0.0235. The maximum atomic E-state index is 10.8. The van der Waals surface area contributed by atoms with Crippen LogP contribution in [0.15, 0.2) is 12.1 Å². The van der Waals surface area contributed by atoms with Crippen molar-refractivity contribution in [2.24, 2.45) is 0 Å². The van der Waals surface area contributed by atoms with E-state index < -0.39 is 5.97 Å². The molecule has 0 aliphatic rings. The Morgan fingerprint density at radius 1 is 1.46 bits per heavy atom. The second-order valence-electron chi connectivity index (χ2n) is 2.25. The van der Waals surface area contributed by atoms with Crippen LogP contribution in [0.2, 0.25) is 15.9 Å². The molecule has 13 heavy (non-hydrogen) atoms. The molecule has 0 unspecified atom stereocenters. The van der Waals surface area contributed by atoms with Crippen molar-refractivity contribution in [3.05, 3.63) is 27.7 Å². The third-order valence-electron chi connectivity index (χ3n) is 1.48. The first-order valence-corrected chi connectivity index (χ1v) is 6.65. The van der Waals surface area contributed by atoms with Gasteiger partial charge in [-0.15, -0.1) is 0 Å². The number of hydrogen-bond donors (Lipinski definition) is 1. The molecule has 70 valence electrons. The van der Waals surface area contributed by atoms with Crippen LogP contribution in [0.25, 0.3) is 0 Å². The first-order valence-electron chi connectivity index (χ1n) is 3.33. The fourth-order valence-electron chi connectivity index (χ4n) is 0.900. The van der Waals surface area contributed by atoms with E-state index in [0.717, 1.165) is 0 Å². The van der Waals surface area contributed by atoms with Crippen molar-refractivity contribution in [3.8, 4) is 0 Å². The van der Waals surface area contributed by atoms with Crippen LogP contribution in [0.5, 0.6) is 0 Å². The van der Waals surface area contributed by atoms with Gasteiger partial charge in [0.1, 0.15) is 0 Å². The average Bonchev–Trinajstić information content (AvgIpc) is 2.09. The molecule has 0 aliphatic carbocycles. The summed E-state index contributed by atoms with van der Waals surface area (Å²) in [5.41, 5.74) is 0.247. The molecule has 1 rings (SSSR count). The van der Waals surface area contributed by atoms with Crippen LogP contribution in [-0.2, 0) is 0 Å². The summed E-state index contributed by atoms with van der Waals surface area (Å²) in [6, 6.07) is 2.99. The van der Waals surface area contributed by atoms with Gasteiger partial charge in [0, 0.05) is 0 Å². The first kappa shape index (κ1) is 10.9. The van der Waals surface area contributed by atoms with Crippen LogP contribution in [0.3, 0.4) is 0 Å². The van der Waals surface area contributed by atoms with Gasteiger partial charge < -0.3 is 0 Å². The van der Waals surface area contributed by atoms with Gasteiger partial charge in [0.25, 0.3) is 0 Å². The molecule has 0 heterocycles. The van der Waals surface area contributed by atoms with Crippen molar-refractivity contribution in [1.82, 2.24) is 0 Å². The van der Waals surface area contributed by atoms with Crippen molar-refractivity contribution in [2.45, 2.75) is 5.82 Å². The molecule has 0 spiro atoms. The summed E-state index contributed by atoms with van der Waals surface area (Å²) in [5, 5.41) is 9.59. The molecule has 0 radical (unpaired) electrons. The Bertz CT molecular complexity index is 352. The Labute approximate surface area is 92.0 Å². The summed E-state index contributed by atoms with van der Waals surface area (Å²) in [6.45, 7) is 0. The Morgan fingerprint density at radius 3 is 2.54 bits per heavy atom. The number of benzene rings is 1. The normalized spacial score (nSPS) is 10.1. The number of carbonyl (C=O) groups is 1. The van der Waals surface area contributed by atoms with E-state index in [0.29, 0.717) is 14.5 Å². The number of carboxylic acids is 1. The molecule has 0 amide bonds. The topological polar surface area (TPSA) is 37.3 Å².